The fourth-order valence-electron chi connectivity index (χ4n) is 3.27. The van der Waals surface area contributed by atoms with Crippen LogP contribution in [0.5, 0.6) is 23.0 Å². The average molecular weight is 418 g/mol. The van der Waals surface area contributed by atoms with Crippen LogP contribution in [0.2, 0.25) is 0 Å². The van der Waals surface area contributed by atoms with Gasteiger partial charge in [0.1, 0.15) is 34.8 Å². The molecular weight excluding hydrogens is 396 g/mol. The van der Waals surface area contributed by atoms with Gasteiger partial charge in [-0.25, -0.2) is 0 Å². The number of hydrogen-bond acceptors (Lipinski definition) is 7. The van der Waals surface area contributed by atoms with Crippen LogP contribution in [0.4, 0.5) is 0 Å². The molecule has 0 aliphatic carbocycles. The van der Waals surface area contributed by atoms with Crippen molar-refractivity contribution < 1.29 is 43.5 Å². The first-order valence-electron chi connectivity index (χ1n) is 8.73. The molecule has 0 radical (unpaired) electrons. The third-order valence-electron chi connectivity index (χ3n) is 4.57. The Morgan fingerprint density at radius 1 is 0.633 bits per heavy atom. The molecule has 0 aliphatic rings. The predicted molar refractivity (Wildman–Crippen MR) is 105 cm³/mol. The number of rotatable bonds is 10. The van der Waals surface area contributed by atoms with Crippen molar-refractivity contribution in [2.45, 2.75) is 11.8 Å². The molecule has 0 saturated carbocycles. The second-order valence-corrected chi connectivity index (χ2v) is 6.10. The van der Waals surface area contributed by atoms with Gasteiger partial charge in [0.15, 0.2) is 5.78 Å². The zero-order chi connectivity index (χ0) is 22.4. The lowest BCUT2D eigenvalue weighted by atomic mass is 9.82. The van der Waals surface area contributed by atoms with E-state index in [-0.39, 0.29) is 34.1 Å². The van der Waals surface area contributed by atoms with E-state index < -0.39 is 29.6 Å². The molecule has 2 atom stereocenters. The quantitative estimate of drug-likeness (QED) is 0.559. The number of carbonyl (C=O) groups is 3. The first-order chi connectivity index (χ1) is 14.3. The van der Waals surface area contributed by atoms with E-state index in [9.17, 15) is 24.6 Å². The minimum atomic E-state index is -1.88. The van der Waals surface area contributed by atoms with E-state index in [2.05, 4.69) is 0 Å². The molecule has 2 N–H and O–H groups in total. The highest BCUT2D eigenvalue weighted by molar-refractivity contribution is 6.15. The molecule has 0 aromatic heterocycles. The maximum absolute atomic E-state index is 13.4. The minimum absolute atomic E-state index is 0.0752. The number of benzene rings is 2. The van der Waals surface area contributed by atoms with E-state index in [0.717, 1.165) is 0 Å². The third-order valence-corrected chi connectivity index (χ3v) is 4.57. The second kappa shape index (κ2) is 9.64. The van der Waals surface area contributed by atoms with Gasteiger partial charge in [0.25, 0.3) is 0 Å². The highest BCUT2D eigenvalue weighted by Crippen LogP contribution is 2.42. The number of ketones is 1. The third kappa shape index (κ3) is 4.14. The van der Waals surface area contributed by atoms with Gasteiger partial charge in [-0.05, 0) is 24.3 Å². The topological polar surface area (TPSA) is 129 Å². The van der Waals surface area contributed by atoms with Gasteiger partial charge < -0.3 is 29.2 Å². The summed E-state index contributed by atoms with van der Waals surface area (Å²) in [6, 6.07) is 8.95. The van der Waals surface area contributed by atoms with Crippen LogP contribution >= 0.6 is 0 Å². The van der Waals surface area contributed by atoms with Gasteiger partial charge in [-0.2, -0.15) is 0 Å². The number of carbonyl (C=O) groups excluding carboxylic acids is 1. The van der Waals surface area contributed by atoms with Gasteiger partial charge in [0, 0.05) is 0 Å². The number of ether oxygens (including phenoxy) is 4. The lowest BCUT2D eigenvalue weighted by molar-refractivity contribution is -0.146. The average Bonchev–Trinajstić information content (AvgIpc) is 2.73. The molecule has 0 bridgehead atoms. The van der Waals surface area contributed by atoms with Gasteiger partial charge in [-0.15, -0.1) is 0 Å². The molecule has 9 heteroatoms. The van der Waals surface area contributed by atoms with Gasteiger partial charge in [-0.1, -0.05) is 12.1 Å². The Hall–Kier alpha value is -3.75. The Bertz CT molecular complexity index is 831. The summed E-state index contributed by atoms with van der Waals surface area (Å²) in [5, 5.41) is 19.8. The van der Waals surface area contributed by atoms with Crippen molar-refractivity contribution in [3.8, 4) is 23.0 Å². The van der Waals surface area contributed by atoms with Crippen LogP contribution < -0.4 is 18.9 Å². The van der Waals surface area contributed by atoms with Crippen LogP contribution in [0.15, 0.2) is 36.4 Å². The molecule has 0 amide bonds. The van der Waals surface area contributed by atoms with E-state index in [1.54, 1.807) is 12.1 Å². The fourth-order valence-corrected chi connectivity index (χ4v) is 3.27. The Labute approximate surface area is 172 Å². The van der Waals surface area contributed by atoms with Crippen molar-refractivity contribution in [3.63, 3.8) is 0 Å². The molecular formula is C21H22O9. The molecule has 2 unspecified atom stereocenters. The predicted octanol–water partition coefficient (Wildman–Crippen LogP) is 2.33. The summed E-state index contributed by atoms with van der Waals surface area (Å²) in [7, 11) is 5.22. The van der Waals surface area contributed by atoms with Crippen molar-refractivity contribution in [1.29, 1.82) is 0 Å². The Morgan fingerprint density at radius 2 is 0.900 bits per heavy atom. The SMILES string of the molecule is COc1cccc(OC)c1C(C(=O)O)C(=O)C(C(=O)O)c1c(OC)cccc1OC. The molecule has 2 aromatic rings. The van der Waals surface area contributed by atoms with E-state index >= 15 is 0 Å². The number of carboxylic acids is 2. The van der Waals surface area contributed by atoms with E-state index in [4.69, 9.17) is 18.9 Å². The summed E-state index contributed by atoms with van der Waals surface area (Å²) in [5.74, 6) is -7.68. The number of aliphatic carboxylic acids is 2. The summed E-state index contributed by atoms with van der Waals surface area (Å²) < 4.78 is 20.8. The van der Waals surface area contributed by atoms with Crippen LogP contribution in [0.25, 0.3) is 0 Å². The van der Waals surface area contributed by atoms with Crippen LogP contribution in [0, 0.1) is 0 Å². The Kier molecular flexibility index (Phi) is 7.24. The summed E-state index contributed by atoms with van der Waals surface area (Å²) in [6.07, 6.45) is 0. The Morgan fingerprint density at radius 3 is 1.10 bits per heavy atom. The highest BCUT2D eigenvalue weighted by atomic mass is 16.5. The first kappa shape index (κ1) is 22.5. The minimum Gasteiger partial charge on any atom is -0.496 e. The maximum atomic E-state index is 13.4. The molecule has 30 heavy (non-hydrogen) atoms. The largest absolute Gasteiger partial charge is 0.496 e. The highest BCUT2D eigenvalue weighted by Gasteiger charge is 2.43. The van der Waals surface area contributed by atoms with E-state index in [1.165, 1.54) is 52.7 Å². The first-order valence-corrected chi connectivity index (χ1v) is 8.73. The van der Waals surface area contributed by atoms with E-state index in [0.29, 0.717) is 0 Å². The molecule has 9 nitrogen and oxygen atoms in total. The van der Waals surface area contributed by atoms with Crippen molar-refractivity contribution in [1.82, 2.24) is 0 Å². The standard InChI is InChI=1S/C21H22O9/c1-27-11-7-5-8-12(28-2)15(11)17(20(23)24)19(22)18(21(25)26)16-13(29-3)9-6-10-14(16)30-4/h5-10,17-18H,1-4H3,(H,23,24)(H,25,26). The van der Waals surface area contributed by atoms with Crippen molar-refractivity contribution in [2.75, 3.05) is 28.4 Å². The number of Topliss-reactive ketones (excluding diaryl/α,β-unsaturated/α-hetero) is 1. The van der Waals surface area contributed by atoms with Crippen LogP contribution in [-0.4, -0.2) is 56.4 Å². The molecule has 2 rings (SSSR count). The van der Waals surface area contributed by atoms with Crippen molar-refractivity contribution >= 4 is 17.7 Å². The van der Waals surface area contributed by atoms with E-state index in [1.807, 2.05) is 0 Å². The Balaban J connectivity index is 2.76. The zero-order valence-corrected chi connectivity index (χ0v) is 16.9. The molecule has 0 fully saturated rings. The van der Waals surface area contributed by atoms with Crippen LogP contribution in [0.3, 0.4) is 0 Å². The van der Waals surface area contributed by atoms with Gasteiger partial charge in [0.2, 0.25) is 0 Å². The van der Waals surface area contributed by atoms with Gasteiger partial charge in [-0.3, -0.25) is 14.4 Å². The molecule has 2 aromatic carbocycles. The maximum Gasteiger partial charge on any atom is 0.318 e. The van der Waals surface area contributed by atoms with Gasteiger partial charge >= 0.3 is 11.9 Å². The molecule has 0 heterocycles. The summed E-state index contributed by atoms with van der Waals surface area (Å²) in [4.78, 5) is 37.7. The number of hydrogen-bond donors (Lipinski definition) is 2. The number of carboxylic acid groups (broad SMARTS) is 2. The fraction of sp³-hybridized carbons (Fsp3) is 0.286. The number of methoxy groups -OCH3 is 4. The van der Waals surface area contributed by atoms with Crippen molar-refractivity contribution in [3.05, 3.63) is 47.5 Å². The summed E-state index contributed by atoms with van der Waals surface area (Å²) in [5.41, 5.74) is -0.166. The zero-order valence-electron chi connectivity index (χ0n) is 16.9. The molecule has 0 spiro atoms. The van der Waals surface area contributed by atoms with Crippen LogP contribution in [0.1, 0.15) is 23.0 Å². The molecule has 0 aliphatic heterocycles. The molecule has 160 valence electrons. The van der Waals surface area contributed by atoms with Crippen LogP contribution in [-0.2, 0) is 14.4 Å². The smallest absolute Gasteiger partial charge is 0.318 e. The summed E-state index contributed by atoms with van der Waals surface area (Å²) in [6.45, 7) is 0. The second-order valence-electron chi connectivity index (χ2n) is 6.10. The van der Waals surface area contributed by atoms with Gasteiger partial charge in [0.05, 0.1) is 39.6 Å². The monoisotopic (exact) mass is 418 g/mol. The summed E-state index contributed by atoms with van der Waals surface area (Å²) >= 11 is 0. The lowest BCUT2D eigenvalue weighted by Gasteiger charge is -2.23. The normalized spacial score (nSPS) is 12.4. The lowest BCUT2D eigenvalue weighted by Crippen LogP contribution is -2.32. The molecule has 0 saturated heterocycles. The van der Waals surface area contributed by atoms with Crippen molar-refractivity contribution in [2.24, 2.45) is 0 Å².